The van der Waals surface area contributed by atoms with Gasteiger partial charge in [-0.05, 0) is 42.1 Å². The lowest BCUT2D eigenvalue weighted by molar-refractivity contribution is 0.194. The molecule has 1 aromatic heterocycles. The number of amides is 1. The molecular formula is C25H30F2N4O2. The third kappa shape index (κ3) is 6.61. The number of benzene rings is 2. The number of carbonyl (C=O) groups is 1. The Kier molecular flexibility index (Phi) is 7.81. The Morgan fingerprint density at radius 1 is 1.12 bits per heavy atom. The number of rotatable bonds is 9. The third-order valence-electron chi connectivity index (χ3n) is 5.31. The molecule has 176 valence electrons. The van der Waals surface area contributed by atoms with Gasteiger partial charge in [-0.2, -0.15) is 0 Å². The van der Waals surface area contributed by atoms with Crippen molar-refractivity contribution in [2.45, 2.75) is 39.8 Å². The molecule has 3 rings (SSSR count). The van der Waals surface area contributed by atoms with Gasteiger partial charge < -0.3 is 20.3 Å². The average molecular weight is 457 g/mol. The fraction of sp³-hybridized carbons (Fsp3) is 0.360. The van der Waals surface area contributed by atoms with E-state index in [1.54, 1.807) is 6.20 Å². The van der Waals surface area contributed by atoms with Crippen molar-refractivity contribution in [1.29, 1.82) is 0 Å². The molecule has 8 heteroatoms. The lowest BCUT2D eigenvalue weighted by Gasteiger charge is -2.31. The molecule has 0 aliphatic carbocycles. The molecule has 2 aromatic carbocycles. The van der Waals surface area contributed by atoms with Crippen LogP contribution >= 0.6 is 0 Å². The molecule has 6 nitrogen and oxygen atoms in total. The van der Waals surface area contributed by atoms with Crippen LogP contribution in [0.2, 0.25) is 0 Å². The first-order chi connectivity index (χ1) is 15.6. The highest BCUT2D eigenvalue weighted by molar-refractivity contribution is 5.64. The molecule has 0 bridgehead atoms. The first kappa shape index (κ1) is 24.4. The van der Waals surface area contributed by atoms with Gasteiger partial charge in [0, 0.05) is 24.8 Å². The van der Waals surface area contributed by atoms with Crippen LogP contribution in [0.25, 0.3) is 11.3 Å². The molecule has 3 aromatic rings. The minimum atomic E-state index is -1.05. The highest BCUT2D eigenvalue weighted by atomic mass is 19.1. The third-order valence-corrected chi connectivity index (χ3v) is 5.31. The topological polar surface area (TPSA) is 79.2 Å². The Hall–Kier alpha value is -3.26. The van der Waals surface area contributed by atoms with Crippen LogP contribution in [0.1, 0.15) is 44.6 Å². The summed E-state index contributed by atoms with van der Waals surface area (Å²) in [5.74, 6) is -0.356. The highest BCUT2D eigenvalue weighted by Gasteiger charge is 2.30. The number of hydrogen-bond donors (Lipinski definition) is 3. The quantitative estimate of drug-likeness (QED) is 0.386. The van der Waals surface area contributed by atoms with Gasteiger partial charge in [-0.1, -0.05) is 51.1 Å². The van der Waals surface area contributed by atoms with E-state index < -0.39 is 17.7 Å². The summed E-state index contributed by atoms with van der Waals surface area (Å²) in [5.41, 5.74) is 1.28. The number of halogens is 2. The molecule has 0 fully saturated rings. The van der Waals surface area contributed by atoms with Gasteiger partial charge in [0.2, 0.25) is 0 Å². The van der Waals surface area contributed by atoms with Crippen molar-refractivity contribution >= 4 is 6.09 Å². The smallest absolute Gasteiger partial charge is 0.404 e. The summed E-state index contributed by atoms with van der Waals surface area (Å²) in [6.07, 6.45) is 1.30. The minimum Gasteiger partial charge on any atom is -0.465 e. The number of imidazole rings is 1. The van der Waals surface area contributed by atoms with Gasteiger partial charge in [0.25, 0.3) is 0 Å². The second-order valence-corrected chi connectivity index (χ2v) is 9.06. The summed E-state index contributed by atoms with van der Waals surface area (Å²) < 4.78 is 30.4. The van der Waals surface area contributed by atoms with Crippen molar-refractivity contribution in [1.82, 2.24) is 20.2 Å². The Morgan fingerprint density at radius 3 is 2.52 bits per heavy atom. The fourth-order valence-corrected chi connectivity index (χ4v) is 3.71. The molecule has 33 heavy (non-hydrogen) atoms. The van der Waals surface area contributed by atoms with Crippen molar-refractivity contribution < 1.29 is 18.7 Å². The lowest BCUT2D eigenvalue weighted by Crippen LogP contribution is -2.36. The summed E-state index contributed by atoms with van der Waals surface area (Å²) in [4.78, 5) is 15.4. The summed E-state index contributed by atoms with van der Waals surface area (Å²) in [6.45, 7) is 7.63. The zero-order chi connectivity index (χ0) is 24.0. The molecule has 0 spiro atoms. The van der Waals surface area contributed by atoms with Crippen LogP contribution in [-0.4, -0.2) is 33.8 Å². The lowest BCUT2D eigenvalue weighted by atomic mass is 9.86. The van der Waals surface area contributed by atoms with Crippen LogP contribution in [-0.2, 0) is 6.54 Å². The van der Waals surface area contributed by atoms with E-state index in [2.05, 4.69) is 31.4 Å². The predicted octanol–water partition coefficient (Wildman–Crippen LogP) is 5.21. The number of nitrogens with one attached hydrogen (secondary N) is 2. The summed E-state index contributed by atoms with van der Waals surface area (Å²) in [5, 5.41) is 14.6. The van der Waals surface area contributed by atoms with Gasteiger partial charge in [-0.25, -0.2) is 18.6 Å². The van der Waals surface area contributed by atoms with Crippen LogP contribution in [0, 0.1) is 17.0 Å². The molecule has 3 N–H and O–H groups in total. The van der Waals surface area contributed by atoms with E-state index in [0.29, 0.717) is 37.6 Å². The minimum absolute atomic E-state index is 0.112. The van der Waals surface area contributed by atoms with Gasteiger partial charge in [0.1, 0.15) is 17.5 Å². The van der Waals surface area contributed by atoms with Crippen LogP contribution in [0.4, 0.5) is 13.6 Å². The molecule has 0 radical (unpaired) electrons. The molecule has 0 aliphatic rings. The van der Waals surface area contributed by atoms with Gasteiger partial charge >= 0.3 is 6.09 Å². The van der Waals surface area contributed by atoms with Crippen LogP contribution < -0.4 is 10.6 Å². The Labute approximate surface area is 192 Å². The average Bonchev–Trinajstić information content (AvgIpc) is 3.14. The normalized spacial score (nSPS) is 12.5. The molecule has 1 heterocycles. The SMILES string of the molecule is CC(C)(C)C(NCCCNC(=O)O)c1nc(-c2cc(F)ccc2F)cn1Cc1ccccc1. The number of nitrogens with zero attached hydrogens (tertiary/aromatic N) is 2. The molecule has 0 saturated heterocycles. The van der Waals surface area contributed by atoms with E-state index in [1.165, 1.54) is 0 Å². The van der Waals surface area contributed by atoms with Gasteiger partial charge in [0.05, 0.1) is 11.7 Å². The van der Waals surface area contributed by atoms with E-state index in [0.717, 1.165) is 23.8 Å². The van der Waals surface area contributed by atoms with Gasteiger partial charge in [-0.15, -0.1) is 0 Å². The number of carboxylic acid groups (broad SMARTS) is 1. The maximum Gasteiger partial charge on any atom is 0.404 e. The second-order valence-electron chi connectivity index (χ2n) is 9.06. The molecule has 1 unspecified atom stereocenters. The van der Waals surface area contributed by atoms with E-state index in [-0.39, 0.29) is 17.0 Å². The summed E-state index contributed by atoms with van der Waals surface area (Å²) in [6, 6.07) is 13.0. The van der Waals surface area contributed by atoms with Crippen molar-refractivity contribution in [3.8, 4) is 11.3 Å². The van der Waals surface area contributed by atoms with Crippen LogP contribution in [0.5, 0.6) is 0 Å². The molecular weight excluding hydrogens is 426 g/mol. The zero-order valence-corrected chi connectivity index (χ0v) is 19.1. The van der Waals surface area contributed by atoms with Gasteiger partial charge in [0.15, 0.2) is 0 Å². The maximum atomic E-state index is 14.5. The first-order valence-electron chi connectivity index (χ1n) is 10.9. The second kappa shape index (κ2) is 10.6. The standard InChI is InChI=1S/C25H30F2N4O2/c1-25(2,3)22(28-12-7-13-29-24(32)33)23-30-21(19-14-18(26)10-11-20(19)27)16-31(23)15-17-8-5-4-6-9-17/h4-6,8-11,14,16,22,28-29H,7,12-13,15H2,1-3H3,(H,32,33). The Balaban J connectivity index is 1.97. The number of aromatic nitrogens is 2. The van der Waals surface area contributed by atoms with E-state index in [1.807, 2.05) is 34.9 Å². The zero-order valence-electron chi connectivity index (χ0n) is 19.1. The highest BCUT2D eigenvalue weighted by Crippen LogP contribution is 2.34. The molecule has 1 amide bonds. The largest absolute Gasteiger partial charge is 0.465 e. The van der Waals surface area contributed by atoms with E-state index in [4.69, 9.17) is 10.1 Å². The summed E-state index contributed by atoms with van der Waals surface area (Å²) >= 11 is 0. The van der Waals surface area contributed by atoms with Crippen molar-refractivity contribution in [3.05, 3.63) is 77.8 Å². The van der Waals surface area contributed by atoms with Gasteiger partial charge in [-0.3, -0.25) is 0 Å². The van der Waals surface area contributed by atoms with Crippen molar-refractivity contribution in [2.75, 3.05) is 13.1 Å². The number of hydrogen-bond acceptors (Lipinski definition) is 3. The molecule has 0 aliphatic heterocycles. The van der Waals surface area contributed by atoms with E-state index in [9.17, 15) is 13.6 Å². The van der Waals surface area contributed by atoms with Crippen molar-refractivity contribution in [2.24, 2.45) is 5.41 Å². The fourth-order valence-electron chi connectivity index (χ4n) is 3.71. The summed E-state index contributed by atoms with van der Waals surface area (Å²) in [7, 11) is 0. The van der Waals surface area contributed by atoms with Crippen LogP contribution in [0.3, 0.4) is 0 Å². The monoisotopic (exact) mass is 456 g/mol. The maximum absolute atomic E-state index is 14.5. The molecule has 1 atom stereocenters. The first-order valence-corrected chi connectivity index (χ1v) is 10.9. The van der Waals surface area contributed by atoms with Crippen molar-refractivity contribution in [3.63, 3.8) is 0 Å². The van der Waals surface area contributed by atoms with Crippen LogP contribution in [0.15, 0.2) is 54.7 Å². The molecule has 0 saturated carbocycles. The van der Waals surface area contributed by atoms with E-state index >= 15 is 0 Å². The predicted molar refractivity (Wildman–Crippen MR) is 124 cm³/mol. The Bertz CT molecular complexity index is 1080. The Morgan fingerprint density at radius 2 is 1.85 bits per heavy atom.